The predicted molar refractivity (Wildman–Crippen MR) is 145 cm³/mol. The van der Waals surface area contributed by atoms with Crippen LogP contribution in [0.5, 0.6) is 0 Å². The first-order chi connectivity index (χ1) is 17.9. The van der Waals surface area contributed by atoms with Crippen LogP contribution in [-0.2, 0) is 24.3 Å². The monoisotopic (exact) mass is 584 g/mol. The first kappa shape index (κ1) is 25.4. The number of imidazole rings is 1. The molecule has 37 heavy (non-hydrogen) atoms. The van der Waals surface area contributed by atoms with E-state index < -0.39 is 5.82 Å². The minimum Gasteiger partial charge on any atom is -0.340 e. The summed E-state index contributed by atoms with van der Waals surface area (Å²) in [5, 5.41) is 3.30. The number of nitrogens with zero attached hydrogens (tertiary/aromatic N) is 3. The molecule has 5 nitrogen and oxygen atoms in total. The molecule has 0 saturated heterocycles. The lowest BCUT2D eigenvalue weighted by Crippen LogP contribution is -2.38. The first-order valence-electron chi connectivity index (χ1n) is 12.0. The maximum atomic E-state index is 14.1. The summed E-state index contributed by atoms with van der Waals surface area (Å²) in [5.74, 6) is 0.577. The molecule has 9 heteroatoms. The molecular weight excluding hydrogens is 562 g/mol. The number of nitrogens with one attached hydrogen (secondary N) is 1. The van der Waals surface area contributed by atoms with E-state index in [1.807, 2.05) is 21.6 Å². The highest BCUT2D eigenvalue weighted by atomic mass is 79.9. The van der Waals surface area contributed by atoms with Crippen LogP contribution in [0.4, 0.5) is 20.3 Å². The second-order valence-electron chi connectivity index (χ2n) is 8.93. The fraction of sp³-hybridized carbons (Fsp3) is 0.214. The average molecular weight is 586 g/mol. The van der Waals surface area contributed by atoms with Crippen LogP contribution in [0.1, 0.15) is 24.2 Å². The van der Waals surface area contributed by atoms with Gasteiger partial charge in [0.15, 0.2) is 0 Å². The van der Waals surface area contributed by atoms with Gasteiger partial charge in [0.2, 0.25) is 5.91 Å². The second kappa shape index (κ2) is 11.0. The summed E-state index contributed by atoms with van der Waals surface area (Å²) in [4.78, 5) is 19.6. The van der Waals surface area contributed by atoms with Crippen LogP contribution in [0.3, 0.4) is 0 Å². The average Bonchev–Trinajstić information content (AvgIpc) is 3.25. The van der Waals surface area contributed by atoms with E-state index in [1.165, 1.54) is 29.8 Å². The van der Waals surface area contributed by atoms with Gasteiger partial charge in [-0.1, -0.05) is 39.7 Å². The molecule has 1 aliphatic rings. The highest BCUT2D eigenvalue weighted by Crippen LogP contribution is 2.34. The Bertz CT molecular complexity index is 1420. The van der Waals surface area contributed by atoms with E-state index in [-0.39, 0.29) is 16.7 Å². The van der Waals surface area contributed by atoms with Gasteiger partial charge in [-0.05, 0) is 73.0 Å². The minimum absolute atomic E-state index is 0.0360. The number of benzene rings is 3. The zero-order chi connectivity index (χ0) is 25.9. The van der Waals surface area contributed by atoms with E-state index in [0.717, 1.165) is 17.3 Å². The largest absolute Gasteiger partial charge is 0.340 e. The molecule has 4 aromatic rings. The molecule has 190 valence electrons. The Morgan fingerprint density at radius 1 is 1.03 bits per heavy atom. The first-order valence-corrected chi connectivity index (χ1v) is 13.1. The maximum absolute atomic E-state index is 14.1. The van der Waals surface area contributed by atoms with Gasteiger partial charge in [-0.3, -0.25) is 4.79 Å². The van der Waals surface area contributed by atoms with Crippen LogP contribution in [-0.4, -0.2) is 26.9 Å². The lowest BCUT2D eigenvalue weighted by atomic mass is 10.1. The number of hydrogen-bond acceptors (Lipinski definition) is 3. The van der Waals surface area contributed by atoms with Crippen LogP contribution in [0, 0.1) is 11.6 Å². The molecule has 0 bridgehead atoms. The minimum atomic E-state index is -0.534. The standard InChI is InChI=1S/C28H24BrClF2N4O/c29-20-8-4-18(5-9-20)2-1-3-26(37)35-14-15-36-25(17-35)34-27(19-6-10-21(31)11-7-19)28(36)33-22-12-13-23(30)24(32)16-22/h4-13,16,33H,1-3,14-15,17H2. The summed E-state index contributed by atoms with van der Waals surface area (Å²) in [5.41, 5.74) is 3.03. The van der Waals surface area contributed by atoms with Gasteiger partial charge in [0.05, 0.1) is 11.6 Å². The van der Waals surface area contributed by atoms with Crippen LogP contribution in [0.25, 0.3) is 11.3 Å². The molecule has 3 aromatic carbocycles. The van der Waals surface area contributed by atoms with Gasteiger partial charge in [-0.25, -0.2) is 13.8 Å². The third kappa shape index (κ3) is 5.86. The number of carbonyl (C=O) groups excluding carboxylic acids is 1. The summed E-state index contributed by atoms with van der Waals surface area (Å²) in [7, 11) is 0. The van der Waals surface area contributed by atoms with Crippen molar-refractivity contribution in [2.24, 2.45) is 0 Å². The zero-order valence-corrected chi connectivity index (χ0v) is 22.2. The predicted octanol–water partition coefficient (Wildman–Crippen LogP) is 7.35. The van der Waals surface area contributed by atoms with E-state index in [1.54, 1.807) is 18.2 Å². The van der Waals surface area contributed by atoms with Crippen molar-refractivity contribution in [1.82, 2.24) is 14.5 Å². The van der Waals surface area contributed by atoms with E-state index in [9.17, 15) is 13.6 Å². The second-order valence-corrected chi connectivity index (χ2v) is 10.3. The van der Waals surface area contributed by atoms with Crippen LogP contribution in [0.2, 0.25) is 5.02 Å². The number of hydrogen-bond donors (Lipinski definition) is 1. The molecule has 1 aliphatic heterocycles. The lowest BCUT2D eigenvalue weighted by molar-refractivity contribution is -0.132. The normalized spacial score (nSPS) is 12.9. The van der Waals surface area contributed by atoms with Crippen molar-refractivity contribution in [1.29, 1.82) is 0 Å². The van der Waals surface area contributed by atoms with Crippen molar-refractivity contribution in [3.05, 3.63) is 99.2 Å². The van der Waals surface area contributed by atoms with Gasteiger partial charge >= 0.3 is 0 Å². The van der Waals surface area contributed by atoms with Crippen molar-refractivity contribution in [3.8, 4) is 11.3 Å². The number of amides is 1. The Morgan fingerprint density at radius 2 is 1.78 bits per heavy atom. The third-order valence-electron chi connectivity index (χ3n) is 6.39. The number of aryl methyl sites for hydroxylation is 1. The lowest BCUT2D eigenvalue weighted by Gasteiger charge is -2.28. The van der Waals surface area contributed by atoms with Crippen molar-refractivity contribution in [3.63, 3.8) is 0 Å². The summed E-state index contributed by atoms with van der Waals surface area (Å²) in [6.07, 6.45) is 2.06. The van der Waals surface area contributed by atoms with Crippen molar-refractivity contribution >= 4 is 44.9 Å². The maximum Gasteiger partial charge on any atom is 0.223 e. The van der Waals surface area contributed by atoms with Gasteiger partial charge in [0.25, 0.3) is 0 Å². The van der Waals surface area contributed by atoms with Crippen molar-refractivity contribution < 1.29 is 13.6 Å². The smallest absolute Gasteiger partial charge is 0.223 e. The molecule has 0 spiro atoms. The molecule has 0 aliphatic carbocycles. The Morgan fingerprint density at radius 3 is 2.51 bits per heavy atom. The highest BCUT2D eigenvalue weighted by Gasteiger charge is 2.27. The number of carbonyl (C=O) groups is 1. The fourth-order valence-corrected chi connectivity index (χ4v) is 4.83. The quantitative estimate of drug-likeness (QED) is 0.247. The Balaban J connectivity index is 1.35. The Kier molecular flexibility index (Phi) is 7.58. The molecule has 1 amide bonds. The summed E-state index contributed by atoms with van der Waals surface area (Å²) in [6.45, 7) is 1.43. The molecule has 2 heterocycles. The van der Waals surface area contributed by atoms with E-state index in [0.29, 0.717) is 54.6 Å². The summed E-state index contributed by atoms with van der Waals surface area (Å²) in [6, 6.07) is 18.7. The van der Waals surface area contributed by atoms with E-state index in [4.69, 9.17) is 16.6 Å². The van der Waals surface area contributed by atoms with E-state index in [2.05, 4.69) is 33.4 Å². The van der Waals surface area contributed by atoms with Crippen molar-refractivity contribution in [2.75, 3.05) is 11.9 Å². The molecule has 5 rings (SSSR count). The summed E-state index contributed by atoms with van der Waals surface area (Å²) >= 11 is 9.29. The van der Waals surface area contributed by atoms with E-state index >= 15 is 0 Å². The Labute approximate surface area is 227 Å². The highest BCUT2D eigenvalue weighted by molar-refractivity contribution is 9.10. The number of anilines is 2. The van der Waals surface area contributed by atoms with Gasteiger partial charge < -0.3 is 14.8 Å². The molecular formula is C28H24BrClF2N4O. The molecule has 1 aromatic heterocycles. The topological polar surface area (TPSA) is 50.2 Å². The van der Waals surface area contributed by atoms with Gasteiger partial charge in [0, 0.05) is 35.2 Å². The number of fused-ring (bicyclic) bond motifs is 1. The molecule has 0 radical (unpaired) electrons. The number of rotatable bonds is 7. The SMILES string of the molecule is O=C(CCCc1ccc(Br)cc1)N1CCn2c(nc(-c3ccc(F)cc3)c2Nc2ccc(Cl)c(F)c2)C1. The third-order valence-corrected chi connectivity index (χ3v) is 7.23. The summed E-state index contributed by atoms with van der Waals surface area (Å²) < 4.78 is 30.7. The molecule has 0 fully saturated rings. The fourth-order valence-electron chi connectivity index (χ4n) is 4.44. The van der Waals surface area contributed by atoms with Crippen LogP contribution in [0.15, 0.2) is 71.2 Å². The molecule has 0 unspecified atom stereocenters. The number of aromatic nitrogens is 2. The molecule has 0 atom stereocenters. The van der Waals surface area contributed by atoms with Crippen LogP contribution < -0.4 is 5.32 Å². The number of halogens is 4. The molecule has 1 N–H and O–H groups in total. The molecule has 0 saturated carbocycles. The Hall–Kier alpha value is -3.23. The zero-order valence-electron chi connectivity index (χ0n) is 19.9. The van der Waals surface area contributed by atoms with Gasteiger partial charge in [0.1, 0.15) is 29.0 Å². The van der Waals surface area contributed by atoms with Crippen molar-refractivity contribution in [2.45, 2.75) is 32.4 Å². The van der Waals surface area contributed by atoms with Gasteiger partial charge in [-0.2, -0.15) is 0 Å². The van der Waals surface area contributed by atoms with Gasteiger partial charge in [-0.15, -0.1) is 0 Å². The van der Waals surface area contributed by atoms with Crippen LogP contribution >= 0.6 is 27.5 Å².